The maximum atomic E-state index is 15.6. The first-order valence-corrected chi connectivity index (χ1v) is 11.8. The summed E-state index contributed by atoms with van der Waals surface area (Å²) in [6.07, 6.45) is -11.7. The van der Waals surface area contributed by atoms with Crippen molar-refractivity contribution >= 4 is 15.7 Å². The third-order valence-corrected chi connectivity index (χ3v) is 8.46. The van der Waals surface area contributed by atoms with Gasteiger partial charge in [0.1, 0.15) is 11.5 Å². The molecule has 1 fully saturated rings. The lowest BCUT2D eigenvalue weighted by Gasteiger charge is -2.40. The van der Waals surface area contributed by atoms with Gasteiger partial charge >= 0.3 is 12.4 Å². The molecule has 2 aliphatic rings. The van der Waals surface area contributed by atoms with Gasteiger partial charge in [0.25, 0.3) is 5.91 Å². The van der Waals surface area contributed by atoms with Gasteiger partial charge in [0.2, 0.25) is 14.8 Å². The number of carbonyl (C=O) groups excluding carboxylic acids is 1. The first-order valence-electron chi connectivity index (χ1n) is 10.3. The third kappa shape index (κ3) is 4.49. The zero-order valence-electron chi connectivity index (χ0n) is 17.6. The van der Waals surface area contributed by atoms with E-state index in [-0.39, 0.29) is 43.8 Å². The van der Waals surface area contributed by atoms with Crippen LogP contribution in [0.4, 0.5) is 35.1 Å². The monoisotopic (exact) mass is 531 g/mol. The molecule has 4 rings (SSSR count). The Hall–Kier alpha value is -2.71. The fourth-order valence-electron chi connectivity index (χ4n) is 4.40. The van der Waals surface area contributed by atoms with Gasteiger partial charge in [0.05, 0.1) is 17.0 Å². The molecule has 0 radical (unpaired) electrons. The summed E-state index contributed by atoms with van der Waals surface area (Å²) in [5.41, 5.74) is -3.14. The molecule has 0 saturated heterocycles. The zero-order chi connectivity index (χ0) is 26.0. The van der Waals surface area contributed by atoms with Crippen molar-refractivity contribution in [2.24, 2.45) is 0 Å². The van der Waals surface area contributed by atoms with E-state index in [1.54, 1.807) is 0 Å². The molecule has 1 aromatic carbocycles. The Bertz CT molecular complexity index is 1260. The van der Waals surface area contributed by atoms with E-state index in [9.17, 15) is 43.9 Å². The van der Waals surface area contributed by atoms with Gasteiger partial charge in [0, 0.05) is 18.7 Å². The van der Waals surface area contributed by atoms with Crippen LogP contribution in [0.15, 0.2) is 29.2 Å². The summed E-state index contributed by atoms with van der Waals surface area (Å²) in [5.74, 6) is -2.28. The van der Waals surface area contributed by atoms with Crippen molar-refractivity contribution in [3.63, 3.8) is 0 Å². The number of aromatic nitrogens is 2. The van der Waals surface area contributed by atoms with Gasteiger partial charge in [-0.15, -0.1) is 0 Å². The van der Waals surface area contributed by atoms with Crippen LogP contribution in [0.2, 0.25) is 0 Å². The molecular formula is C20H17F8N3O3S. The summed E-state index contributed by atoms with van der Waals surface area (Å²) in [4.78, 5) is 12.8. The summed E-state index contributed by atoms with van der Waals surface area (Å²) in [6, 6.07) is 0.462. The molecule has 35 heavy (non-hydrogen) atoms. The third-order valence-electron chi connectivity index (χ3n) is 6.24. The Morgan fingerprint density at radius 1 is 0.943 bits per heavy atom. The molecule has 0 spiro atoms. The summed E-state index contributed by atoms with van der Waals surface area (Å²) >= 11 is 0. The average Bonchev–Trinajstić information content (AvgIpc) is 3.20. The molecule has 1 saturated carbocycles. The lowest BCUT2D eigenvalue weighted by atomic mass is 9.91. The lowest BCUT2D eigenvalue weighted by Crippen LogP contribution is -2.50. The standard InChI is InChI=1S/C20H17F8N3O3S/c21-12-7-11(19(23,24)25)8-14(9-12)35(33,34)18(22)3-1-13(2-4-18)30-5-6-31-15(17(30)32)10-16(29-31)20(26,27)28/h7-10,13H,1-6H2/t13-,18-. The van der Waals surface area contributed by atoms with Gasteiger partial charge in [-0.05, 0) is 43.9 Å². The molecule has 15 heteroatoms. The number of nitrogens with zero attached hydrogens (tertiary/aromatic N) is 3. The molecule has 0 bridgehead atoms. The fraction of sp³-hybridized carbons (Fsp3) is 0.500. The largest absolute Gasteiger partial charge is 0.435 e. The highest BCUT2D eigenvalue weighted by Crippen LogP contribution is 2.43. The van der Waals surface area contributed by atoms with E-state index in [2.05, 4.69) is 5.10 Å². The molecule has 1 aliphatic carbocycles. The van der Waals surface area contributed by atoms with Gasteiger partial charge < -0.3 is 4.90 Å². The molecule has 1 amide bonds. The highest BCUT2D eigenvalue weighted by Gasteiger charge is 2.50. The van der Waals surface area contributed by atoms with Crippen LogP contribution in [0.1, 0.15) is 47.4 Å². The smallest absolute Gasteiger partial charge is 0.332 e. The number of benzene rings is 1. The Labute approximate surface area is 193 Å². The number of rotatable bonds is 3. The van der Waals surface area contributed by atoms with E-state index >= 15 is 4.39 Å². The second-order valence-electron chi connectivity index (χ2n) is 8.43. The highest BCUT2D eigenvalue weighted by atomic mass is 32.2. The molecule has 0 unspecified atom stereocenters. The molecule has 2 aromatic rings. The van der Waals surface area contributed by atoms with Crippen molar-refractivity contribution in [2.45, 2.75) is 60.5 Å². The molecule has 0 atom stereocenters. The van der Waals surface area contributed by atoms with Crippen molar-refractivity contribution in [3.8, 4) is 0 Å². The molecule has 2 heterocycles. The van der Waals surface area contributed by atoms with Crippen LogP contribution in [0.3, 0.4) is 0 Å². The predicted molar refractivity (Wildman–Crippen MR) is 103 cm³/mol. The van der Waals surface area contributed by atoms with Gasteiger partial charge in [-0.1, -0.05) is 0 Å². The predicted octanol–water partition coefficient (Wildman–Crippen LogP) is 4.60. The van der Waals surface area contributed by atoms with Crippen LogP contribution in [-0.4, -0.2) is 46.6 Å². The maximum absolute atomic E-state index is 15.6. The van der Waals surface area contributed by atoms with Crippen LogP contribution < -0.4 is 0 Å². The summed E-state index contributed by atoms with van der Waals surface area (Å²) in [5, 5.41) is 0.357. The number of amides is 1. The topological polar surface area (TPSA) is 72.3 Å². The fourth-order valence-corrected chi connectivity index (χ4v) is 6.15. The first kappa shape index (κ1) is 25.4. The summed E-state index contributed by atoms with van der Waals surface area (Å²) in [7, 11) is -5.05. The second-order valence-corrected chi connectivity index (χ2v) is 10.6. The first-order chi connectivity index (χ1) is 16.0. The Balaban J connectivity index is 1.53. The van der Waals surface area contributed by atoms with E-state index in [1.807, 2.05) is 0 Å². The highest BCUT2D eigenvalue weighted by molar-refractivity contribution is 7.92. The lowest BCUT2D eigenvalue weighted by molar-refractivity contribution is -0.141. The minimum atomic E-state index is -5.05. The molecule has 192 valence electrons. The van der Waals surface area contributed by atoms with Crippen LogP contribution in [0, 0.1) is 5.82 Å². The summed E-state index contributed by atoms with van der Waals surface area (Å²) < 4.78 is 134. The molecule has 1 aliphatic heterocycles. The summed E-state index contributed by atoms with van der Waals surface area (Å²) in [6.45, 7) is -0.101. The van der Waals surface area contributed by atoms with Crippen molar-refractivity contribution in [2.75, 3.05) is 6.54 Å². The Kier molecular flexibility index (Phi) is 5.92. The van der Waals surface area contributed by atoms with Crippen LogP contribution >= 0.6 is 0 Å². The number of fused-ring (bicyclic) bond motifs is 1. The van der Waals surface area contributed by atoms with Gasteiger partial charge in [0.15, 0.2) is 5.69 Å². The average molecular weight is 531 g/mol. The van der Waals surface area contributed by atoms with Crippen LogP contribution in [0.5, 0.6) is 0 Å². The van der Waals surface area contributed by atoms with Gasteiger partial charge in [-0.25, -0.2) is 17.2 Å². The maximum Gasteiger partial charge on any atom is 0.435 e. The van der Waals surface area contributed by atoms with E-state index in [0.29, 0.717) is 12.1 Å². The number of sulfone groups is 1. The Morgan fingerprint density at radius 2 is 1.57 bits per heavy atom. The molecule has 6 nitrogen and oxygen atoms in total. The van der Waals surface area contributed by atoms with Crippen molar-refractivity contribution < 1.29 is 48.3 Å². The van der Waals surface area contributed by atoms with Gasteiger partial charge in [-0.3, -0.25) is 9.48 Å². The minimum Gasteiger partial charge on any atom is -0.332 e. The molecule has 0 N–H and O–H groups in total. The Morgan fingerprint density at radius 3 is 2.14 bits per heavy atom. The number of hydrogen-bond donors (Lipinski definition) is 0. The van der Waals surface area contributed by atoms with Crippen LogP contribution in [0.25, 0.3) is 0 Å². The quantitative estimate of drug-likeness (QED) is 0.543. The number of alkyl halides is 7. The van der Waals surface area contributed by atoms with Crippen molar-refractivity contribution in [3.05, 3.63) is 47.0 Å². The minimum absolute atomic E-state index is 0.0413. The van der Waals surface area contributed by atoms with Crippen molar-refractivity contribution in [1.82, 2.24) is 14.7 Å². The SMILES string of the molecule is O=C1c2cc(C(F)(F)F)nn2CCN1[C@H]1CC[C@](F)(S(=O)(=O)c2cc(F)cc(C(F)(F)F)c2)CC1. The number of halogens is 8. The number of hydrogen-bond acceptors (Lipinski definition) is 4. The van der Waals surface area contributed by atoms with E-state index in [4.69, 9.17) is 0 Å². The second kappa shape index (κ2) is 8.17. The van der Waals surface area contributed by atoms with E-state index in [1.165, 1.54) is 4.90 Å². The normalized spacial score (nSPS) is 23.9. The van der Waals surface area contributed by atoms with E-state index < -0.39 is 74.0 Å². The van der Waals surface area contributed by atoms with Gasteiger partial charge in [-0.2, -0.15) is 31.4 Å². The zero-order valence-corrected chi connectivity index (χ0v) is 18.4. The molecule has 1 aromatic heterocycles. The van der Waals surface area contributed by atoms with Crippen LogP contribution in [-0.2, 0) is 28.7 Å². The number of carbonyl (C=O) groups is 1. The molecular weight excluding hydrogens is 514 g/mol. The van der Waals surface area contributed by atoms with E-state index in [0.717, 1.165) is 4.68 Å². The van der Waals surface area contributed by atoms with Crippen molar-refractivity contribution in [1.29, 1.82) is 0 Å².